The maximum absolute atomic E-state index is 12.3. The van der Waals surface area contributed by atoms with E-state index in [0.29, 0.717) is 6.07 Å². The van der Waals surface area contributed by atoms with Crippen LogP contribution < -0.4 is 0 Å². The van der Waals surface area contributed by atoms with Gasteiger partial charge in [0.15, 0.2) is 5.71 Å². The Morgan fingerprint density at radius 2 is 2.06 bits per heavy atom. The van der Waals surface area contributed by atoms with Gasteiger partial charge in [0, 0.05) is 17.7 Å². The maximum atomic E-state index is 12.3. The molecule has 0 aliphatic heterocycles. The van der Waals surface area contributed by atoms with Crippen LogP contribution in [-0.2, 0) is 0 Å². The summed E-state index contributed by atoms with van der Waals surface area (Å²) in [6.07, 6.45) is -4.87. The monoisotopic (exact) mass is 234 g/mol. The van der Waals surface area contributed by atoms with E-state index in [1.165, 1.54) is 0 Å². The van der Waals surface area contributed by atoms with Gasteiger partial charge in [0.25, 0.3) is 5.69 Å². The molecule has 5 nitrogen and oxygen atoms in total. The molecule has 0 saturated heterocycles. The van der Waals surface area contributed by atoms with Crippen LogP contribution in [0, 0.1) is 10.1 Å². The number of nitrogens with zero attached hydrogens (tertiary/aromatic N) is 2. The second-order valence-corrected chi connectivity index (χ2v) is 2.75. The van der Waals surface area contributed by atoms with Crippen molar-refractivity contribution in [3.05, 3.63) is 39.9 Å². The normalized spacial score (nSPS) is 12.6. The van der Waals surface area contributed by atoms with Crippen molar-refractivity contribution in [1.82, 2.24) is 0 Å². The van der Waals surface area contributed by atoms with E-state index in [2.05, 4.69) is 5.16 Å². The first kappa shape index (κ1) is 12.0. The third kappa shape index (κ3) is 2.47. The highest BCUT2D eigenvalue weighted by molar-refractivity contribution is 6.04. The van der Waals surface area contributed by atoms with Crippen molar-refractivity contribution in [2.75, 3.05) is 0 Å². The smallest absolute Gasteiger partial charge is 0.410 e. The number of non-ortho nitro benzene ring substituents is 1. The second kappa shape index (κ2) is 4.17. The van der Waals surface area contributed by atoms with Gasteiger partial charge in [-0.05, 0) is 0 Å². The fraction of sp³-hybridized carbons (Fsp3) is 0.125. The van der Waals surface area contributed by atoms with Crippen molar-refractivity contribution in [2.45, 2.75) is 6.18 Å². The number of nitro benzene ring substituents is 1. The van der Waals surface area contributed by atoms with Crippen molar-refractivity contribution >= 4 is 11.4 Å². The minimum Gasteiger partial charge on any atom is -0.410 e. The van der Waals surface area contributed by atoms with Crippen LogP contribution in [0.15, 0.2) is 29.4 Å². The van der Waals surface area contributed by atoms with E-state index < -0.39 is 28.1 Å². The summed E-state index contributed by atoms with van der Waals surface area (Å²) >= 11 is 0. The topological polar surface area (TPSA) is 75.7 Å². The first-order chi connectivity index (χ1) is 7.36. The van der Waals surface area contributed by atoms with Crippen LogP contribution >= 0.6 is 0 Å². The Morgan fingerprint density at radius 3 is 2.50 bits per heavy atom. The molecule has 0 aliphatic rings. The SMILES string of the molecule is O=[N+]([O-])c1cccc(C(=NO)C(F)(F)F)c1. The molecule has 0 fully saturated rings. The van der Waals surface area contributed by atoms with E-state index in [9.17, 15) is 23.3 Å². The zero-order chi connectivity index (χ0) is 12.3. The largest absolute Gasteiger partial charge is 0.437 e. The van der Waals surface area contributed by atoms with Crippen LogP contribution in [0.1, 0.15) is 5.56 Å². The number of rotatable bonds is 2. The number of benzene rings is 1. The van der Waals surface area contributed by atoms with E-state index in [0.717, 1.165) is 18.2 Å². The molecular formula is C8H5F3N2O3. The lowest BCUT2D eigenvalue weighted by Gasteiger charge is -2.07. The number of hydrogen-bond acceptors (Lipinski definition) is 4. The van der Waals surface area contributed by atoms with Crippen LogP contribution in [0.5, 0.6) is 0 Å². The van der Waals surface area contributed by atoms with Gasteiger partial charge in [0.05, 0.1) is 4.92 Å². The van der Waals surface area contributed by atoms with E-state index in [-0.39, 0.29) is 0 Å². The molecule has 0 spiro atoms. The number of oxime groups is 1. The van der Waals surface area contributed by atoms with Crippen molar-refractivity contribution in [2.24, 2.45) is 5.16 Å². The Kier molecular flexibility index (Phi) is 3.11. The molecule has 0 aromatic heterocycles. The summed E-state index contributed by atoms with van der Waals surface area (Å²) in [5.74, 6) is 0. The highest BCUT2D eigenvalue weighted by atomic mass is 19.4. The summed E-state index contributed by atoms with van der Waals surface area (Å²) in [5, 5.41) is 20.7. The van der Waals surface area contributed by atoms with E-state index >= 15 is 0 Å². The molecule has 0 amide bonds. The van der Waals surface area contributed by atoms with Gasteiger partial charge in [-0.2, -0.15) is 13.2 Å². The highest BCUT2D eigenvalue weighted by Crippen LogP contribution is 2.24. The quantitative estimate of drug-likeness (QED) is 0.369. The number of hydrogen-bond donors (Lipinski definition) is 1. The molecule has 86 valence electrons. The van der Waals surface area contributed by atoms with Gasteiger partial charge in [0.2, 0.25) is 0 Å². The van der Waals surface area contributed by atoms with E-state index in [1.807, 2.05) is 0 Å². The van der Waals surface area contributed by atoms with Crippen molar-refractivity contribution in [3.63, 3.8) is 0 Å². The maximum Gasteiger partial charge on any atom is 0.437 e. The van der Waals surface area contributed by atoms with Gasteiger partial charge in [0.1, 0.15) is 0 Å². The van der Waals surface area contributed by atoms with Gasteiger partial charge in [-0.15, -0.1) is 0 Å². The number of halogens is 3. The fourth-order valence-electron chi connectivity index (χ4n) is 1.04. The predicted molar refractivity (Wildman–Crippen MR) is 47.5 cm³/mol. The lowest BCUT2D eigenvalue weighted by Crippen LogP contribution is -2.24. The molecule has 1 N–H and O–H groups in total. The molecule has 1 aromatic rings. The average molecular weight is 234 g/mol. The van der Waals surface area contributed by atoms with Gasteiger partial charge < -0.3 is 5.21 Å². The molecule has 8 heteroatoms. The second-order valence-electron chi connectivity index (χ2n) is 2.75. The summed E-state index contributed by atoms with van der Waals surface area (Å²) in [5.41, 5.74) is -2.65. The lowest BCUT2D eigenvalue weighted by atomic mass is 10.1. The zero-order valence-corrected chi connectivity index (χ0v) is 7.60. The van der Waals surface area contributed by atoms with Crippen LogP contribution in [0.3, 0.4) is 0 Å². The summed E-state index contributed by atoms with van der Waals surface area (Å²) in [6, 6.07) is 3.76. The molecular weight excluding hydrogens is 229 g/mol. The molecule has 0 aliphatic carbocycles. The third-order valence-electron chi connectivity index (χ3n) is 1.70. The molecule has 0 bridgehead atoms. The molecule has 0 unspecified atom stereocenters. The number of nitro groups is 1. The minimum atomic E-state index is -4.87. The average Bonchev–Trinajstić information content (AvgIpc) is 2.17. The lowest BCUT2D eigenvalue weighted by molar-refractivity contribution is -0.384. The molecule has 0 radical (unpaired) electrons. The van der Waals surface area contributed by atoms with Crippen LogP contribution in [0.25, 0.3) is 0 Å². The molecule has 0 saturated carbocycles. The van der Waals surface area contributed by atoms with Crippen LogP contribution in [0.2, 0.25) is 0 Å². The zero-order valence-electron chi connectivity index (χ0n) is 7.60. The summed E-state index contributed by atoms with van der Waals surface area (Å²) < 4.78 is 36.8. The van der Waals surface area contributed by atoms with Gasteiger partial charge in [-0.3, -0.25) is 10.1 Å². The highest BCUT2D eigenvalue weighted by Gasteiger charge is 2.38. The summed E-state index contributed by atoms with van der Waals surface area (Å²) in [4.78, 5) is 9.50. The Labute approximate surface area is 87.0 Å². The minimum absolute atomic E-state index is 0.511. The summed E-state index contributed by atoms with van der Waals surface area (Å²) in [7, 11) is 0. The standard InChI is InChI=1S/C8H5F3N2O3/c9-8(10,11)7(12-14)5-2-1-3-6(4-5)13(15)16/h1-4,14H. The van der Waals surface area contributed by atoms with Gasteiger partial charge >= 0.3 is 6.18 Å². The van der Waals surface area contributed by atoms with E-state index in [1.54, 1.807) is 0 Å². The molecule has 16 heavy (non-hydrogen) atoms. The Bertz CT molecular complexity index is 442. The predicted octanol–water partition coefficient (Wildman–Crippen LogP) is 2.34. The molecule has 0 atom stereocenters. The van der Waals surface area contributed by atoms with Crippen molar-refractivity contribution in [3.8, 4) is 0 Å². The Hall–Kier alpha value is -2.12. The van der Waals surface area contributed by atoms with E-state index in [4.69, 9.17) is 5.21 Å². The third-order valence-corrected chi connectivity index (χ3v) is 1.70. The van der Waals surface area contributed by atoms with Crippen LogP contribution in [-0.4, -0.2) is 22.0 Å². The van der Waals surface area contributed by atoms with Crippen LogP contribution in [0.4, 0.5) is 18.9 Å². The first-order valence-electron chi connectivity index (χ1n) is 3.90. The number of alkyl halides is 3. The van der Waals surface area contributed by atoms with Crippen molar-refractivity contribution < 1.29 is 23.3 Å². The fourth-order valence-corrected chi connectivity index (χ4v) is 1.04. The summed E-state index contributed by atoms with van der Waals surface area (Å²) in [6.45, 7) is 0. The molecule has 1 aromatic carbocycles. The van der Waals surface area contributed by atoms with Gasteiger partial charge in [-0.25, -0.2) is 0 Å². The van der Waals surface area contributed by atoms with Crippen molar-refractivity contribution in [1.29, 1.82) is 0 Å². The Balaban J connectivity index is 3.23. The molecule has 0 heterocycles. The Morgan fingerprint density at radius 1 is 1.44 bits per heavy atom. The molecule has 1 rings (SSSR count). The van der Waals surface area contributed by atoms with Gasteiger partial charge in [-0.1, -0.05) is 17.3 Å². The first-order valence-corrected chi connectivity index (χ1v) is 3.90.